The Labute approximate surface area is 123 Å². The first-order valence-electron chi connectivity index (χ1n) is 7.10. The maximum atomic E-state index is 12.3. The largest absolute Gasteiger partial charge is 0.573 e. The van der Waals surface area contributed by atoms with E-state index in [1.807, 2.05) is 27.7 Å². The van der Waals surface area contributed by atoms with Gasteiger partial charge in [-0.25, -0.2) is 0 Å². The molecule has 0 fully saturated rings. The molecular weight excluding hydrogens is 281 g/mol. The molecule has 0 aliphatic heterocycles. The molecule has 120 valence electrons. The molecule has 0 unspecified atom stereocenters. The zero-order valence-electron chi connectivity index (χ0n) is 12.9. The monoisotopic (exact) mass is 304 g/mol. The van der Waals surface area contributed by atoms with Crippen LogP contribution in [0.5, 0.6) is 5.75 Å². The van der Waals surface area contributed by atoms with E-state index in [1.165, 1.54) is 18.2 Å². The second-order valence-electron chi connectivity index (χ2n) is 6.30. The van der Waals surface area contributed by atoms with Crippen LogP contribution in [0, 0.1) is 11.8 Å². The molecule has 0 aliphatic carbocycles. The van der Waals surface area contributed by atoms with E-state index in [2.05, 4.69) is 4.74 Å². The van der Waals surface area contributed by atoms with Crippen molar-refractivity contribution < 1.29 is 23.0 Å². The minimum absolute atomic E-state index is 0.223. The van der Waals surface area contributed by atoms with Gasteiger partial charge in [0.15, 0.2) is 0 Å². The standard InChI is InChI=1S/C16H23F3O2/c1-11(2)9-15(20,10-12(3)4)13-6-5-7-14(8-13)21-16(17,18)19/h5-8,11-12,20H,9-10H2,1-4H3. The second-order valence-corrected chi connectivity index (χ2v) is 6.30. The van der Waals surface area contributed by atoms with E-state index in [4.69, 9.17) is 0 Å². The number of hydrogen-bond acceptors (Lipinski definition) is 2. The van der Waals surface area contributed by atoms with Gasteiger partial charge in [0.2, 0.25) is 0 Å². The quantitative estimate of drug-likeness (QED) is 0.813. The summed E-state index contributed by atoms with van der Waals surface area (Å²) in [6.07, 6.45) is -3.76. The predicted molar refractivity (Wildman–Crippen MR) is 75.9 cm³/mol. The van der Waals surface area contributed by atoms with Crippen molar-refractivity contribution in [2.24, 2.45) is 11.8 Å². The third-order valence-corrected chi connectivity index (χ3v) is 3.10. The third kappa shape index (κ3) is 5.96. The predicted octanol–water partition coefficient (Wildman–Crippen LogP) is 4.87. The van der Waals surface area contributed by atoms with Crippen LogP contribution in [-0.2, 0) is 5.60 Å². The smallest absolute Gasteiger partial charge is 0.406 e. The van der Waals surface area contributed by atoms with E-state index >= 15 is 0 Å². The van der Waals surface area contributed by atoms with Gasteiger partial charge in [0.1, 0.15) is 5.75 Å². The SMILES string of the molecule is CC(C)CC(O)(CC(C)C)c1cccc(OC(F)(F)F)c1. The Balaban J connectivity index is 3.10. The highest BCUT2D eigenvalue weighted by molar-refractivity contribution is 5.32. The van der Waals surface area contributed by atoms with Crippen molar-refractivity contribution in [3.8, 4) is 5.75 Å². The number of aliphatic hydroxyl groups is 1. The summed E-state index contributed by atoms with van der Waals surface area (Å²) in [5.41, 5.74) is -0.681. The molecule has 0 aromatic heterocycles. The van der Waals surface area contributed by atoms with Crippen LogP contribution in [0.15, 0.2) is 24.3 Å². The van der Waals surface area contributed by atoms with Gasteiger partial charge in [-0.2, -0.15) is 0 Å². The number of alkyl halides is 3. The summed E-state index contributed by atoms with van der Waals surface area (Å²) in [7, 11) is 0. The van der Waals surface area contributed by atoms with Gasteiger partial charge in [-0.15, -0.1) is 13.2 Å². The summed E-state index contributed by atoms with van der Waals surface area (Å²) >= 11 is 0. The summed E-state index contributed by atoms with van der Waals surface area (Å²) in [5, 5.41) is 10.9. The average molecular weight is 304 g/mol. The number of rotatable bonds is 6. The van der Waals surface area contributed by atoms with Crippen molar-refractivity contribution in [3.05, 3.63) is 29.8 Å². The van der Waals surface area contributed by atoms with E-state index in [9.17, 15) is 18.3 Å². The van der Waals surface area contributed by atoms with Crippen molar-refractivity contribution in [3.63, 3.8) is 0 Å². The van der Waals surface area contributed by atoms with Gasteiger partial charge in [0, 0.05) is 0 Å². The van der Waals surface area contributed by atoms with E-state index in [1.54, 1.807) is 6.07 Å². The molecule has 0 radical (unpaired) electrons. The molecular formula is C16H23F3O2. The van der Waals surface area contributed by atoms with Gasteiger partial charge < -0.3 is 9.84 Å². The van der Waals surface area contributed by atoms with Crippen LogP contribution >= 0.6 is 0 Å². The average Bonchev–Trinajstić information content (AvgIpc) is 2.24. The summed E-state index contributed by atoms with van der Waals surface area (Å²) in [5.74, 6) is 0.146. The van der Waals surface area contributed by atoms with E-state index in [-0.39, 0.29) is 17.6 Å². The molecule has 0 atom stereocenters. The highest BCUT2D eigenvalue weighted by Crippen LogP contribution is 2.37. The Bertz CT molecular complexity index is 443. The minimum atomic E-state index is -4.73. The molecule has 0 bridgehead atoms. The molecule has 0 saturated carbocycles. The van der Waals surface area contributed by atoms with Crippen molar-refractivity contribution >= 4 is 0 Å². The van der Waals surface area contributed by atoms with Crippen molar-refractivity contribution in [2.75, 3.05) is 0 Å². The Morgan fingerprint density at radius 1 is 1.05 bits per heavy atom. The molecule has 0 amide bonds. The fraction of sp³-hybridized carbons (Fsp3) is 0.625. The minimum Gasteiger partial charge on any atom is -0.406 e. The van der Waals surface area contributed by atoms with Crippen LogP contribution in [0.2, 0.25) is 0 Å². The lowest BCUT2D eigenvalue weighted by Gasteiger charge is -2.32. The van der Waals surface area contributed by atoms with Gasteiger partial charge >= 0.3 is 6.36 Å². The molecule has 1 rings (SSSR count). The molecule has 0 aliphatic rings. The normalized spacial score (nSPS) is 13.0. The van der Waals surface area contributed by atoms with E-state index < -0.39 is 12.0 Å². The Morgan fingerprint density at radius 2 is 1.57 bits per heavy atom. The third-order valence-electron chi connectivity index (χ3n) is 3.10. The number of ether oxygens (including phenoxy) is 1. The van der Waals surface area contributed by atoms with E-state index in [0.29, 0.717) is 18.4 Å². The van der Waals surface area contributed by atoms with Crippen LogP contribution in [-0.4, -0.2) is 11.5 Å². The van der Waals surface area contributed by atoms with Crippen LogP contribution in [0.4, 0.5) is 13.2 Å². The van der Waals surface area contributed by atoms with Crippen LogP contribution in [0.3, 0.4) is 0 Å². The molecule has 0 heterocycles. The van der Waals surface area contributed by atoms with Crippen molar-refractivity contribution in [1.82, 2.24) is 0 Å². The van der Waals surface area contributed by atoms with E-state index in [0.717, 1.165) is 0 Å². The first-order chi connectivity index (χ1) is 9.52. The fourth-order valence-electron chi connectivity index (χ4n) is 2.65. The van der Waals surface area contributed by atoms with Crippen LogP contribution in [0.25, 0.3) is 0 Å². The molecule has 5 heteroatoms. The lowest BCUT2D eigenvalue weighted by Crippen LogP contribution is -2.29. The molecule has 2 nitrogen and oxygen atoms in total. The summed E-state index contributed by atoms with van der Waals surface area (Å²) in [6.45, 7) is 7.89. The molecule has 1 aromatic carbocycles. The lowest BCUT2D eigenvalue weighted by molar-refractivity contribution is -0.274. The van der Waals surface area contributed by atoms with Gasteiger partial charge in [0.05, 0.1) is 5.60 Å². The fourth-order valence-corrected chi connectivity index (χ4v) is 2.65. The maximum absolute atomic E-state index is 12.3. The molecule has 1 N–H and O–H groups in total. The molecule has 1 aromatic rings. The Kier molecular flexibility index (Phi) is 5.68. The summed E-state index contributed by atoms with van der Waals surface area (Å²) in [4.78, 5) is 0. The first kappa shape index (κ1) is 17.8. The van der Waals surface area contributed by atoms with Crippen LogP contribution in [0.1, 0.15) is 46.1 Å². The lowest BCUT2D eigenvalue weighted by atomic mass is 9.80. The van der Waals surface area contributed by atoms with Crippen molar-refractivity contribution in [1.29, 1.82) is 0 Å². The summed E-state index contributed by atoms with van der Waals surface area (Å²) < 4.78 is 40.9. The maximum Gasteiger partial charge on any atom is 0.573 e. The number of halogens is 3. The summed E-state index contributed by atoms with van der Waals surface area (Å²) in [6, 6.07) is 5.64. The van der Waals surface area contributed by atoms with Gasteiger partial charge in [0.25, 0.3) is 0 Å². The van der Waals surface area contributed by atoms with Gasteiger partial charge in [-0.05, 0) is 42.4 Å². The van der Waals surface area contributed by atoms with Gasteiger partial charge in [-0.1, -0.05) is 39.8 Å². The first-order valence-corrected chi connectivity index (χ1v) is 7.10. The van der Waals surface area contributed by atoms with Crippen molar-refractivity contribution in [2.45, 2.75) is 52.5 Å². The zero-order chi connectivity index (χ0) is 16.3. The second kappa shape index (κ2) is 6.69. The van der Waals surface area contributed by atoms with Crippen LogP contribution < -0.4 is 4.74 Å². The highest BCUT2D eigenvalue weighted by atomic mass is 19.4. The zero-order valence-corrected chi connectivity index (χ0v) is 12.9. The Hall–Kier alpha value is -1.23. The molecule has 0 spiro atoms. The topological polar surface area (TPSA) is 29.5 Å². The van der Waals surface area contributed by atoms with Gasteiger partial charge in [-0.3, -0.25) is 0 Å². The number of benzene rings is 1. The Morgan fingerprint density at radius 3 is 2.00 bits per heavy atom. The molecule has 0 saturated heterocycles. The highest BCUT2D eigenvalue weighted by Gasteiger charge is 2.34. The molecule has 21 heavy (non-hydrogen) atoms. The number of hydrogen-bond donors (Lipinski definition) is 1.